The Hall–Kier alpha value is -4.34. The third-order valence-electron chi connectivity index (χ3n) is 8.29. The molecule has 0 bridgehead atoms. The van der Waals surface area contributed by atoms with E-state index in [1.807, 2.05) is 30.6 Å². The number of aromatic nitrogens is 2. The zero-order chi connectivity index (χ0) is 30.0. The number of nitrogens with zero attached hydrogens (tertiary/aromatic N) is 5. The number of hydrogen-bond donors (Lipinski definition) is 1. The van der Waals surface area contributed by atoms with E-state index in [0.717, 1.165) is 22.5 Å². The van der Waals surface area contributed by atoms with Crippen molar-refractivity contribution in [2.45, 2.75) is 58.2 Å². The van der Waals surface area contributed by atoms with Crippen LogP contribution in [0.2, 0.25) is 0 Å². The van der Waals surface area contributed by atoms with Gasteiger partial charge >= 0.3 is 6.03 Å². The molecule has 0 radical (unpaired) electrons. The summed E-state index contributed by atoms with van der Waals surface area (Å²) in [6, 6.07) is 14.9. The molecule has 1 aromatic heterocycles. The van der Waals surface area contributed by atoms with Gasteiger partial charge in [0, 0.05) is 39.1 Å². The second-order valence-electron chi connectivity index (χ2n) is 12.1. The van der Waals surface area contributed by atoms with E-state index >= 15 is 0 Å². The van der Waals surface area contributed by atoms with Crippen LogP contribution in [0.1, 0.15) is 48.8 Å². The monoisotopic (exact) mass is 572 g/mol. The largest absolute Gasteiger partial charge is 0.497 e. The smallest absolute Gasteiger partial charge is 0.314 e. The normalized spacial score (nSPS) is 17.1. The highest BCUT2D eigenvalue weighted by molar-refractivity contribution is 5.89. The Kier molecular flexibility index (Phi) is 8.24. The molecule has 1 fully saturated rings. The number of ether oxygens (including phenoxy) is 1. The predicted octanol–water partition coefficient (Wildman–Crippen LogP) is 2.96. The van der Waals surface area contributed by atoms with Crippen LogP contribution in [0.4, 0.5) is 4.79 Å². The predicted molar refractivity (Wildman–Crippen MR) is 159 cm³/mol. The summed E-state index contributed by atoms with van der Waals surface area (Å²) in [6.07, 6.45) is 2.30. The van der Waals surface area contributed by atoms with Crippen LogP contribution in [-0.2, 0) is 40.9 Å². The highest BCUT2D eigenvalue weighted by atomic mass is 16.5. The van der Waals surface area contributed by atoms with Gasteiger partial charge in [-0.25, -0.2) is 9.78 Å². The number of amides is 4. The quantitative estimate of drug-likeness (QED) is 0.488. The lowest BCUT2D eigenvalue weighted by atomic mass is 9.87. The molecule has 0 spiro atoms. The third kappa shape index (κ3) is 6.27. The Morgan fingerprint density at radius 1 is 0.976 bits per heavy atom. The molecule has 2 aliphatic heterocycles. The SMILES string of the molecule is COc1cccc(CC(=O)N2Cc3c(ncn3Cc3ccc(C(C)(C)C)cc3)CC2C(=O)N2CCN(C(N)=O)CC2)c1. The van der Waals surface area contributed by atoms with Crippen molar-refractivity contribution in [2.75, 3.05) is 33.3 Å². The average Bonchev–Trinajstić information content (AvgIpc) is 3.37. The highest BCUT2D eigenvalue weighted by Crippen LogP contribution is 2.27. The van der Waals surface area contributed by atoms with Crippen molar-refractivity contribution >= 4 is 17.8 Å². The summed E-state index contributed by atoms with van der Waals surface area (Å²) in [4.78, 5) is 49.0. The first-order valence-corrected chi connectivity index (χ1v) is 14.4. The maximum Gasteiger partial charge on any atom is 0.314 e. The van der Waals surface area contributed by atoms with Crippen molar-refractivity contribution in [3.8, 4) is 5.75 Å². The fourth-order valence-corrected chi connectivity index (χ4v) is 5.71. The number of imidazole rings is 1. The van der Waals surface area contributed by atoms with E-state index in [9.17, 15) is 14.4 Å². The summed E-state index contributed by atoms with van der Waals surface area (Å²) >= 11 is 0. The number of piperazine rings is 1. The molecule has 2 N–H and O–H groups in total. The summed E-state index contributed by atoms with van der Waals surface area (Å²) in [5.41, 5.74) is 10.5. The van der Waals surface area contributed by atoms with Crippen molar-refractivity contribution < 1.29 is 19.1 Å². The minimum atomic E-state index is -0.676. The molecule has 222 valence electrons. The van der Waals surface area contributed by atoms with Gasteiger partial charge in [0.2, 0.25) is 11.8 Å². The fourth-order valence-electron chi connectivity index (χ4n) is 5.71. The molecular formula is C32H40N6O4. The number of primary amides is 1. The molecule has 3 heterocycles. The van der Waals surface area contributed by atoms with Crippen molar-refractivity contribution in [1.82, 2.24) is 24.3 Å². The maximum atomic E-state index is 13.9. The summed E-state index contributed by atoms with van der Waals surface area (Å²) in [7, 11) is 1.59. The van der Waals surface area contributed by atoms with Crippen molar-refractivity contribution in [3.05, 3.63) is 82.9 Å². The maximum absolute atomic E-state index is 13.9. The van der Waals surface area contributed by atoms with Crippen LogP contribution < -0.4 is 10.5 Å². The molecular weight excluding hydrogens is 532 g/mol. The van der Waals surface area contributed by atoms with Crippen LogP contribution in [-0.4, -0.2) is 81.4 Å². The zero-order valence-corrected chi connectivity index (χ0v) is 24.9. The molecule has 4 amide bonds. The number of carbonyl (C=O) groups excluding carboxylic acids is 3. The number of nitrogens with two attached hydrogens (primary N) is 1. The lowest BCUT2D eigenvalue weighted by Gasteiger charge is -2.40. The van der Waals surface area contributed by atoms with E-state index < -0.39 is 12.1 Å². The van der Waals surface area contributed by atoms with Crippen molar-refractivity contribution in [2.24, 2.45) is 5.73 Å². The summed E-state index contributed by atoms with van der Waals surface area (Å²) < 4.78 is 7.43. The third-order valence-corrected chi connectivity index (χ3v) is 8.29. The minimum Gasteiger partial charge on any atom is -0.497 e. The molecule has 0 aliphatic carbocycles. The first-order valence-electron chi connectivity index (χ1n) is 14.4. The van der Waals surface area contributed by atoms with Crippen molar-refractivity contribution in [3.63, 3.8) is 0 Å². The first kappa shape index (κ1) is 29.2. The lowest BCUT2D eigenvalue weighted by molar-refractivity contribution is -0.147. The Labute approximate surface area is 247 Å². The molecule has 1 saturated heterocycles. The second-order valence-corrected chi connectivity index (χ2v) is 12.1. The van der Waals surface area contributed by atoms with Crippen LogP contribution in [0.15, 0.2) is 54.9 Å². The van der Waals surface area contributed by atoms with E-state index in [4.69, 9.17) is 15.5 Å². The van der Waals surface area contributed by atoms with Gasteiger partial charge in [0.05, 0.1) is 37.8 Å². The number of urea groups is 1. The van der Waals surface area contributed by atoms with Crippen LogP contribution in [0.5, 0.6) is 5.75 Å². The molecule has 2 aliphatic rings. The topological polar surface area (TPSA) is 114 Å². The van der Waals surface area contributed by atoms with Gasteiger partial charge in [0.25, 0.3) is 0 Å². The second kappa shape index (κ2) is 11.9. The number of benzene rings is 2. The summed E-state index contributed by atoms with van der Waals surface area (Å²) in [5.74, 6) is 0.415. The summed E-state index contributed by atoms with van der Waals surface area (Å²) in [5, 5.41) is 0. The van der Waals surface area contributed by atoms with Crippen LogP contribution in [0.25, 0.3) is 0 Å². The molecule has 3 aromatic rings. The van der Waals surface area contributed by atoms with Crippen molar-refractivity contribution in [1.29, 1.82) is 0 Å². The Morgan fingerprint density at radius 3 is 2.31 bits per heavy atom. The zero-order valence-electron chi connectivity index (χ0n) is 24.9. The minimum absolute atomic E-state index is 0.0738. The van der Waals surface area contributed by atoms with Gasteiger partial charge in [0.15, 0.2) is 0 Å². The number of hydrogen-bond acceptors (Lipinski definition) is 5. The van der Waals surface area contributed by atoms with E-state index in [2.05, 4.69) is 49.6 Å². The molecule has 2 aromatic carbocycles. The van der Waals surface area contributed by atoms with Gasteiger partial charge in [-0.2, -0.15) is 0 Å². The Balaban J connectivity index is 1.39. The van der Waals surface area contributed by atoms with Crippen LogP contribution in [0.3, 0.4) is 0 Å². The van der Waals surface area contributed by atoms with E-state index in [1.165, 1.54) is 10.5 Å². The molecule has 10 nitrogen and oxygen atoms in total. The number of methoxy groups -OCH3 is 1. The first-order chi connectivity index (χ1) is 20.0. The molecule has 10 heteroatoms. The number of fused-ring (bicyclic) bond motifs is 1. The van der Waals surface area contributed by atoms with Gasteiger partial charge in [-0.1, -0.05) is 57.2 Å². The molecule has 42 heavy (non-hydrogen) atoms. The fraction of sp³-hybridized carbons (Fsp3) is 0.438. The highest BCUT2D eigenvalue weighted by Gasteiger charge is 2.39. The molecule has 5 rings (SSSR count). The standard InChI is InChI=1S/C32H40N6O4/c1-32(2,3)24-10-8-22(9-11-24)19-37-21-34-26-18-27(30(40)35-12-14-36(15-13-35)31(33)41)38(20-28(26)37)29(39)17-23-6-5-7-25(16-23)42-4/h5-11,16,21,27H,12-15,17-20H2,1-4H3,(H2,33,41). The van der Waals surface area contributed by atoms with Gasteiger partial charge in [-0.3, -0.25) is 9.59 Å². The molecule has 1 atom stereocenters. The Bertz CT molecular complexity index is 1450. The van der Waals surface area contributed by atoms with E-state index in [1.54, 1.807) is 16.9 Å². The van der Waals surface area contributed by atoms with Gasteiger partial charge in [-0.05, 0) is 34.2 Å². The van der Waals surface area contributed by atoms with E-state index in [-0.39, 0.29) is 30.2 Å². The van der Waals surface area contributed by atoms with Gasteiger partial charge in [0.1, 0.15) is 11.8 Å². The number of carbonyl (C=O) groups is 3. The summed E-state index contributed by atoms with van der Waals surface area (Å²) in [6.45, 7) is 9.00. The Morgan fingerprint density at radius 2 is 1.67 bits per heavy atom. The van der Waals surface area contributed by atoms with Gasteiger partial charge < -0.3 is 29.7 Å². The van der Waals surface area contributed by atoms with Crippen LogP contribution >= 0.6 is 0 Å². The van der Waals surface area contributed by atoms with Gasteiger partial charge in [-0.15, -0.1) is 0 Å². The number of rotatable bonds is 6. The average molecular weight is 573 g/mol. The molecule has 0 saturated carbocycles. The van der Waals surface area contributed by atoms with Crippen LogP contribution in [0, 0.1) is 0 Å². The molecule has 1 unspecified atom stereocenters. The lowest BCUT2D eigenvalue weighted by Crippen LogP contribution is -2.59. The van der Waals surface area contributed by atoms with E-state index in [0.29, 0.717) is 44.9 Å².